The number of pyridine rings is 4. The average Bonchev–Trinajstić information content (AvgIpc) is 0.771. The molecule has 0 unspecified atom stereocenters. The number of thiocarbonyl (C=S) groups is 1. The number of carbonyl (C=O) groups excluding carboxylic acids is 3. The van der Waals surface area contributed by atoms with Crippen LogP contribution in [0.4, 0.5) is 47.3 Å². The summed E-state index contributed by atoms with van der Waals surface area (Å²) in [5.41, 5.74) is 19.5. The van der Waals surface area contributed by atoms with Gasteiger partial charge in [-0.2, -0.15) is 18.3 Å². The van der Waals surface area contributed by atoms with E-state index in [1.807, 2.05) is 0 Å². The number of hydrogen-bond donors (Lipinski definition) is 1. The van der Waals surface area contributed by atoms with Crippen LogP contribution in [0.2, 0.25) is 0 Å². The number of nitrogens with one attached hydrogen (secondary N) is 2. The molecule has 9 rings (SSSR count). The third kappa shape index (κ3) is 19.4. The predicted octanol–water partition coefficient (Wildman–Crippen LogP) is 19.3. The molecule has 0 aliphatic rings. The Labute approximate surface area is 565 Å². The molecule has 0 aliphatic carbocycles. The SMILES string of the molecule is CC(C)(C)c1ccc(N(c2ccc(C(C)(C)C)cc2)c2cc(-c3ccc(/C([NH-])=C/C(=N)C(F)(F)F)nc3)cc(N(c3ccc(C(C)(C)C)cc3)c3ccc(C(C)(C)C)cc3)c2)cc1.O=COc1ccnc(-c2cc(OC=O)cc(-c3cc(OC=O)ccn3)n2)c1.[N-]=C=S.[Ru+2]. The summed E-state index contributed by atoms with van der Waals surface area (Å²) in [6.45, 7) is 27.3. The minimum Gasteiger partial charge on any atom is -0.753 e. The third-order valence-electron chi connectivity index (χ3n) is 14.7. The van der Waals surface area contributed by atoms with Crippen LogP contribution in [0, 0.1) is 5.41 Å². The van der Waals surface area contributed by atoms with Gasteiger partial charge in [-0.25, -0.2) is 4.98 Å². The molecule has 484 valence electrons. The van der Waals surface area contributed by atoms with E-state index in [1.165, 1.54) is 82.3 Å². The quantitative estimate of drug-likeness (QED) is 0.0390. The Kier molecular flexibility index (Phi) is 24.3. The number of ether oxygens (including phenoxy) is 3. The summed E-state index contributed by atoms with van der Waals surface area (Å²) in [5, 5.41) is 15.9. The molecule has 2 N–H and O–H groups in total. The number of benzene rings is 5. The first-order valence-electron chi connectivity index (χ1n) is 29.4. The van der Waals surface area contributed by atoms with Crippen molar-refractivity contribution in [3.05, 3.63) is 228 Å². The van der Waals surface area contributed by atoms with Gasteiger partial charge in [0.05, 0.1) is 22.8 Å². The summed E-state index contributed by atoms with van der Waals surface area (Å²) in [5.74, 6) is 0.760. The van der Waals surface area contributed by atoms with E-state index in [0.717, 1.165) is 39.7 Å². The molecule has 0 amide bonds. The Morgan fingerprint density at radius 3 is 1.11 bits per heavy atom. The van der Waals surface area contributed by atoms with Crippen molar-refractivity contribution in [2.24, 2.45) is 0 Å². The number of carbonyl (C=O) groups is 3. The zero-order chi connectivity index (χ0) is 68.1. The maximum Gasteiger partial charge on any atom is 2.00 e. The molecular weight excluding hydrogens is 1300 g/mol. The van der Waals surface area contributed by atoms with Gasteiger partial charge in [0.25, 0.3) is 19.4 Å². The molecule has 0 atom stereocenters. The van der Waals surface area contributed by atoms with Crippen molar-refractivity contribution in [1.82, 2.24) is 19.9 Å². The monoisotopic (exact) mass is 1370 g/mol. The molecule has 4 aromatic heterocycles. The van der Waals surface area contributed by atoms with E-state index in [2.05, 4.69) is 240 Å². The van der Waals surface area contributed by atoms with Crippen LogP contribution in [-0.4, -0.2) is 56.4 Å². The fourth-order valence-electron chi connectivity index (χ4n) is 9.63. The van der Waals surface area contributed by atoms with Crippen molar-refractivity contribution in [3.8, 4) is 51.2 Å². The van der Waals surface area contributed by atoms with Crippen molar-refractivity contribution in [2.45, 2.75) is 111 Å². The van der Waals surface area contributed by atoms with Crippen molar-refractivity contribution in [2.75, 3.05) is 9.80 Å². The molecule has 15 nitrogen and oxygen atoms in total. The Hall–Kier alpha value is -9.87. The smallest absolute Gasteiger partial charge is 0.753 e. The summed E-state index contributed by atoms with van der Waals surface area (Å²) in [6.07, 6.45) is 0.0987. The van der Waals surface area contributed by atoms with Crippen LogP contribution in [0.15, 0.2) is 188 Å². The average molecular weight is 1370 g/mol. The topological polar surface area (TPSA) is 207 Å². The minimum absolute atomic E-state index is 0. The van der Waals surface area contributed by atoms with Gasteiger partial charge in [-0.1, -0.05) is 150 Å². The number of nitrogens with zero attached hydrogens (tertiary/aromatic N) is 7. The molecule has 0 aliphatic heterocycles. The first-order valence-corrected chi connectivity index (χ1v) is 29.8. The van der Waals surface area contributed by atoms with Gasteiger partial charge < -0.3 is 35.2 Å². The van der Waals surface area contributed by atoms with Crippen LogP contribution in [0.3, 0.4) is 0 Å². The second-order valence-corrected chi connectivity index (χ2v) is 25.7. The Morgan fingerprint density at radius 1 is 0.479 bits per heavy atom. The standard InChI is InChI=1S/C55H61F3N5.C18H11N3O6.CNS.Ru/c1-51(2,3)38-14-22-42(23-15-38)62(43-24-16-39(17-25-43)52(4,5)6)46-31-37(36-13-30-49(61-35-36)48(59)34-50(60)55(56,57)58)32-47(33-46)63(44-26-18-40(19-27-44)53(7,8)9)45-28-20-41(21-29-45)54(10,11)12;22-9-25-12-1-3-19-15(5-12)17-7-14(27-11-24)8-18(21-17)16-6-13(26-10-23)2-4-20-16;2-1-3;/h13-35,59-60H,1-12H3;1-11H;;/q-1;;-1;+2/b48-34-,60-50?;;;. The number of isothiocyanates is 1. The van der Waals surface area contributed by atoms with Gasteiger partial charge in [0, 0.05) is 88.2 Å². The van der Waals surface area contributed by atoms with Crippen molar-refractivity contribution < 1.29 is 61.2 Å². The molecule has 4 heterocycles. The maximum atomic E-state index is 13.2. The molecule has 9 aromatic rings. The van der Waals surface area contributed by atoms with Crippen LogP contribution in [0.1, 0.15) is 111 Å². The van der Waals surface area contributed by atoms with Gasteiger partial charge in [-0.3, -0.25) is 34.7 Å². The van der Waals surface area contributed by atoms with Gasteiger partial charge in [-0.15, -0.1) is 5.70 Å². The molecule has 0 saturated heterocycles. The summed E-state index contributed by atoms with van der Waals surface area (Å²) in [6, 6.07) is 53.5. The molecule has 0 bridgehead atoms. The van der Waals surface area contributed by atoms with Gasteiger partial charge in [0.2, 0.25) is 0 Å². The number of anilines is 6. The van der Waals surface area contributed by atoms with Crippen LogP contribution in [-0.2, 0) is 55.5 Å². The van der Waals surface area contributed by atoms with E-state index in [-0.39, 0.29) is 70.6 Å². The fourth-order valence-corrected chi connectivity index (χ4v) is 9.63. The van der Waals surface area contributed by atoms with Crippen molar-refractivity contribution >= 4 is 82.3 Å². The van der Waals surface area contributed by atoms with E-state index in [9.17, 15) is 27.6 Å². The Bertz CT molecular complexity index is 3830. The second kappa shape index (κ2) is 31.2. The zero-order valence-electron chi connectivity index (χ0n) is 54.1. The number of allylic oxidation sites excluding steroid dienone is 1. The van der Waals surface area contributed by atoms with E-state index >= 15 is 0 Å². The molecule has 94 heavy (non-hydrogen) atoms. The molecule has 0 saturated carbocycles. The molecule has 0 radical (unpaired) electrons. The maximum absolute atomic E-state index is 13.2. The molecular formula is C74H72F3N9O6RuS. The summed E-state index contributed by atoms with van der Waals surface area (Å²) < 4.78 is 54.2. The molecule has 0 fully saturated rings. The van der Waals surface area contributed by atoms with Gasteiger partial charge in [0.1, 0.15) is 23.0 Å². The second-order valence-electron chi connectivity index (χ2n) is 25.6. The van der Waals surface area contributed by atoms with Crippen LogP contribution >= 0.6 is 12.2 Å². The number of rotatable bonds is 17. The van der Waals surface area contributed by atoms with E-state index < -0.39 is 17.6 Å². The van der Waals surface area contributed by atoms with Crippen LogP contribution in [0.25, 0.3) is 50.7 Å². The predicted molar refractivity (Wildman–Crippen MR) is 367 cm³/mol. The zero-order valence-corrected chi connectivity index (χ0v) is 56.7. The number of alkyl halides is 3. The largest absolute Gasteiger partial charge is 2.00 e. The molecule has 5 aromatic carbocycles. The number of aromatic nitrogens is 4. The first-order chi connectivity index (χ1) is 43.8. The van der Waals surface area contributed by atoms with Gasteiger partial charge in [-0.05, 0) is 140 Å². The fraction of sp³-hybridized carbons (Fsp3) is 0.230. The Balaban J connectivity index is 0.000000375. The van der Waals surface area contributed by atoms with E-state index in [4.69, 9.17) is 30.8 Å². The molecule has 0 spiro atoms. The van der Waals surface area contributed by atoms with Crippen molar-refractivity contribution in [3.63, 3.8) is 0 Å². The van der Waals surface area contributed by atoms with Crippen LogP contribution < -0.4 is 24.0 Å². The van der Waals surface area contributed by atoms with Gasteiger partial charge >= 0.3 is 25.7 Å². The number of hydrogen-bond acceptors (Lipinski definition) is 14. The number of halogens is 3. The summed E-state index contributed by atoms with van der Waals surface area (Å²) >= 11 is 3.70. The Morgan fingerprint density at radius 2 is 0.809 bits per heavy atom. The van der Waals surface area contributed by atoms with Crippen LogP contribution in [0.5, 0.6) is 17.2 Å². The van der Waals surface area contributed by atoms with Gasteiger partial charge in [0.15, 0.2) is 0 Å². The summed E-state index contributed by atoms with van der Waals surface area (Å²) in [7, 11) is 0. The van der Waals surface area contributed by atoms with E-state index in [1.54, 1.807) is 12.3 Å². The first kappa shape index (κ1) is 73.2. The third-order valence-corrected chi connectivity index (χ3v) is 14.7. The van der Waals surface area contributed by atoms with Crippen molar-refractivity contribution in [1.29, 1.82) is 5.41 Å². The van der Waals surface area contributed by atoms with E-state index in [0.29, 0.717) is 47.4 Å². The molecule has 20 heteroatoms. The summed E-state index contributed by atoms with van der Waals surface area (Å²) in [4.78, 5) is 53.6. The normalized spacial score (nSPS) is 11.6. The minimum atomic E-state index is -4.86.